The predicted octanol–water partition coefficient (Wildman–Crippen LogP) is 3.85. The molecular weight excluding hydrogens is 566 g/mol. The van der Waals surface area contributed by atoms with Gasteiger partial charge in [0.25, 0.3) is 5.91 Å². The highest BCUT2D eigenvalue weighted by molar-refractivity contribution is 8.14. The summed E-state index contributed by atoms with van der Waals surface area (Å²) in [6, 6.07) is 22.1. The Balaban J connectivity index is 1.17. The number of methoxy groups -OCH3 is 2. The fourth-order valence-corrected chi connectivity index (χ4v) is 5.63. The van der Waals surface area contributed by atoms with Gasteiger partial charge in [0.15, 0.2) is 16.7 Å². The monoisotopic (exact) mass is 599 g/mol. The van der Waals surface area contributed by atoms with Crippen LogP contribution in [0.3, 0.4) is 0 Å². The second-order valence-electron chi connectivity index (χ2n) is 9.93. The van der Waals surface area contributed by atoms with Crippen molar-refractivity contribution in [3.05, 3.63) is 89.5 Å². The molecule has 3 aromatic rings. The molecule has 1 atom stereocenters. The minimum absolute atomic E-state index is 0.0799. The van der Waals surface area contributed by atoms with E-state index in [1.807, 2.05) is 72.8 Å². The summed E-state index contributed by atoms with van der Waals surface area (Å²) in [5.74, 6) is 1.29. The fourth-order valence-electron chi connectivity index (χ4n) is 4.80. The third-order valence-electron chi connectivity index (χ3n) is 7.04. The molecule has 3 amide bonds. The van der Waals surface area contributed by atoms with Crippen molar-refractivity contribution < 1.29 is 23.9 Å². The quantitative estimate of drug-likeness (QED) is 0.326. The summed E-state index contributed by atoms with van der Waals surface area (Å²) in [6.45, 7) is 0.865. The molecule has 2 heterocycles. The van der Waals surface area contributed by atoms with Crippen molar-refractivity contribution in [3.63, 3.8) is 0 Å². The van der Waals surface area contributed by atoms with Gasteiger partial charge in [-0.25, -0.2) is 9.89 Å². The van der Waals surface area contributed by atoms with Crippen molar-refractivity contribution in [1.29, 1.82) is 0 Å². The topological polar surface area (TPSA) is 122 Å². The second kappa shape index (κ2) is 14.0. The Bertz CT molecular complexity index is 1560. The van der Waals surface area contributed by atoms with Crippen LogP contribution in [-0.2, 0) is 27.3 Å². The summed E-state index contributed by atoms with van der Waals surface area (Å²) < 4.78 is 10.6. The zero-order valence-electron chi connectivity index (χ0n) is 24.0. The van der Waals surface area contributed by atoms with Gasteiger partial charge in [-0.3, -0.25) is 19.4 Å². The fraction of sp³-hybridized carbons (Fsp3) is 0.281. The average Bonchev–Trinajstić information content (AvgIpc) is 3.38. The third-order valence-corrected chi connectivity index (χ3v) is 7.98. The van der Waals surface area contributed by atoms with Gasteiger partial charge in [0.1, 0.15) is 11.9 Å². The molecule has 0 saturated heterocycles. The summed E-state index contributed by atoms with van der Waals surface area (Å²) in [5.41, 5.74) is 3.44. The normalized spacial score (nSPS) is 15.2. The summed E-state index contributed by atoms with van der Waals surface area (Å²) in [7, 11) is 3.17. The van der Waals surface area contributed by atoms with Crippen LogP contribution in [0.2, 0.25) is 0 Å². The molecule has 10 nitrogen and oxygen atoms in total. The van der Waals surface area contributed by atoms with Gasteiger partial charge in [0, 0.05) is 25.1 Å². The van der Waals surface area contributed by atoms with Crippen molar-refractivity contribution in [2.24, 2.45) is 9.98 Å². The molecule has 222 valence electrons. The zero-order chi connectivity index (χ0) is 30.2. The van der Waals surface area contributed by atoms with Gasteiger partial charge in [-0.1, -0.05) is 60.3 Å². The molecule has 11 heteroatoms. The zero-order valence-corrected chi connectivity index (χ0v) is 24.9. The lowest BCUT2D eigenvalue weighted by Gasteiger charge is -2.25. The number of thioether (sulfide) groups is 1. The first-order chi connectivity index (χ1) is 21.0. The SMILES string of the molecule is COc1ccc(CCNC(=O)CSC2=Nc3ccccc3C3=NC(CCC(=O)NCc4ccccc4)C(=O)N23)cc1OC. The molecule has 2 N–H and O–H groups in total. The number of aliphatic imine (C=N–C) groups is 2. The van der Waals surface area contributed by atoms with E-state index in [1.54, 1.807) is 14.2 Å². The molecule has 5 rings (SSSR count). The number of hydrogen-bond donors (Lipinski definition) is 2. The predicted molar refractivity (Wildman–Crippen MR) is 167 cm³/mol. The van der Waals surface area contributed by atoms with Gasteiger partial charge in [-0.15, -0.1) is 0 Å². The Morgan fingerprint density at radius 3 is 2.47 bits per heavy atom. The molecule has 2 aliphatic heterocycles. The third kappa shape index (κ3) is 7.23. The first-order valence-electron chi connectivity index (χ1n) is 14.0. The smallest absolute Gasteiger partial charge is 0.259 e. The largest absolute Gasteiger partial charge is 0.493 e. The Kier molecular flexibility index (Phi) is 9.73. The van der Waals surface area contributed by atoms with Crippen LogP contribution >= 0.6 is 11.8 Å². The summed E-state index contributed by atoms with van der Waals surface area (Å²) in [5, 5.41) is 6.22. The second-order valence-corrected chi connectivity index (χ2v) is 10.9. The van der Waals surface area contributed by atoms with Crippen molar-refractivity contribution in [3.8, 4) is 11.5 Å². The van der Waals surface area contributed by atoms with Crippen LogP contribution in [0.15, 0.2) is 82.8 Å². The number of nitrogens with zero attached hydrogens (tertiary/aromatic N) is 3. The lowest BCUT2D eigenvalue weighted by molar-refractivity contribution is -0.125. The number of carbonyl (C=O) groups is 3. The number of fused-ring (bicyclic) bond motifs is 3. The number of ether oxygens (including phenoxy) is 2. The lowest BCUT2D eigenvalue weighted by Crippen LogP contribution is -2.42. The van der Waals surface area contributed by atoms with Gasteiger partial charge in [-0.05, 0) is 48.2 Å². The molecule has 0 aromatic heterocycles. The maximum Gasteiger partial charge on any atom is 0.259 e. The van der Waals surface area contributed by atoms with E-state index in [4.69, 9.17) is 14.5 Å². The van der Waals surface area contributed by atoms with E-state index in [9.17, 15) is 14.4 Å². The number of amides is 3. The van der Waals surface area contributed by atoms with Crippen LogP contribution in [0.5, 0.6) is 11.5 Å². The standard InChI is InChI=1S/C32H33N5O5S/c1-41-26-14-12-21(18-27(26)42-2)16-17-33-29(39)20-43-32-36-24-11-7-6-10-23(24)30-35-25(31(40)37(30)32)13-15-28(38)34-19-22-8-4-3-5-9-22/h3-12,14,18,25H,13,15-17,19-20H2,1-2H3,(H,33,39)(H,34,38). The molecule has 2 aliphatic rings. The summed E-state index contributed by atoms with van der Waals surface area (Å²) in [4.78, 5) is 49.6. The first kappa shape index (κ1) is 29.8. The minimum Gasteiger partial charge on any atom is -0.493 e. The van der Waals surface area contributed by atoms with Crippen LogP contribution in [0.1, 0.15) is 29.5 Å². The molecule has 3 aromatic carbocycles. The highest BCUT2D eigenvalue weighted by Crippen LogP contribution is 2.34. The Morgan fingerprint density at radius 1 is 0.907 bits per heavy atom. The summed E-state index contributed by atoms with van der Waals surface area (Å²) in [6.07, 6.45) is 1.06. The molecule has 0 fully saturated rings. The van der Waals surface area contributed by atoms with Crippen LogP contribution in [0.4, 0.5) is 5.69 Å². The van der Waals surface area contributed by atoms with Crippen molar-refractivity contribution in [2.75, 3.05) is 26.5 Å². The number of amidine groups is 2. The van der Waals surface area contributed by atoms with Crippen molar-refractivity contribution in [2.45, 2.75) is 31.8 Å². The number of nitrogens with one attached hydrogen (secondary N) is 2. The van der Waals surface area contributed by atoms with Crippen LogP contribution < -0.4 is 20.1 Å². The van der Waals surface area contributed by atoms with Crippen LogP contribution in [0.25, 0.3) is 0 Å². The van der Waals surface area contributed by atoms with E-state index in [0.29, 0.717) is 47.7 Å². The Hall–Kier alpha value is -4.64. The molecule has 0 bridgehead atoms. The van der Waals surface area contributed by atoms with E-state index >= 15 is 0 Å². The van der Waals surface area contributed by atoms with Gasteiger partial charge in [-0.2, -0.15) is 0 Å². The van der Waals surface area contributed by atoms with Crippen molar-refractivity contribution in [1.82, 2.24) is 15.5 Å². The highest BCUT2D eigenvalue weighted by Gasteiger charge is 2.41. The van der Waals surface area contributed by atoms with Gasteiger partial charge >= 0.3 is 0 Å². The van der Waals surface area contributed by atoms with E-state index in [2.05, 4.69) is 15.6 Å². The molecule has 43 heavy (non-hydrogen) atoms. The molecular formula is C32H33N5O5S. The van der Waals surface area contributed by atoms with E-state index in [0.717, 1.165) is 16.7 Å². The van der Waals surface area contributed by atoms with E-state index in [1.165, 1.54) is 16.7 Å². The first-order valence-corrected chi connectivity index (χ1v) is 15.0. The molecule has 1 unspecified atom stereocenters. The van der Waals surface area contributed by atoms with E-state index in [-0.39, 0.29) is 36.3 Å². The van der Waals surface area contributed by atoms with Crippen LogP contribution in [0, 0.1) is 0 Å². The number of carbonyl (C=O) groups excluding carboxylic acids is 3. The minimum atomic E-state index is -0.704. The maximum atomic E-state index is 13.5. The molecule has 0 saturated carbocycles. The number of para-hydroxylation sites is 1. The Labute approximate surface area is 254 Å². The van der Waals surface area contributed by atoms with Crippen LogP contribution in [-0.4, -0.2) is 66.2 Å². The van der Waals surface area contributed by atoms with Gasteiger partial charge in [0.2, 0.25) is 11.8 Å². The molecule has 0 radical (unpaired) electrons. The van der Waals surface area contributed by atoms with Crippen molar-refractivity contribution >= 4 is 46.2 Å². The highest BCUT2D eigenvalue weighted by atomic mass is 32.2. The Morgan fingerprint density at radius 2 is 1.67 bits per heavy atom. The average molecular weight is 600 g/mol. The lowest BCUT2D eigenvalue weighted by atomic mass is 10.1. The van der Waals surface area contributed by atoms with Gasteiger partial charge < -0.3 is 20.1 Å². The van der Waals surface area contributed by atoms with E-state index < -0.39 is 6.04 Å². The summed E-state index contributed by atoms with van der Waals surface area (Å²) >= 11 is 1.19. The molecule has 0 aliphatic carbocycles. The van der Waals surface area contributed by atoms with Gasteiger partial charge in [0.05, 0.1) is 25.7 Å². The number of benzene rings is 3. The number of hydrogen-bond acceptors (Lipinski definition) is 8. The maximum absolute atomic E-state index is 13.5. The molecule has 0 spiro atoms. The number of rotatable bonds is 12.